The Kier molecular flexibility index (Phi) is 5.58. The maximum Gasteiger partial charge on any atom is 0.123 e. The lowest BCUT2D eigenvalue weighted by molar-refractivity contribution is 0.0743. The lowest BCUT2D eigenvalue weighted by atomic mass is 10.1. The molecule has 2 N–H and O–H groups in total. The molecule has 100 valence electrons. The van der Waals surface area contributed by atoms with Gasteiger partial charge in [-0.05, 0) is 43.6 Å². The molecule has 0 bridgehead atoms. The Balaban J connectivity index is 1.55. The number of halogens is 1. The van der Waals surface area contributed by atoms with Crippen molar-refractivity contribution >= 4 is 0 Å². The number of hydrogen-bond acceptors (Lipinski definition) is 3. The van der Waals surface area contributed by atoms with Gasteiger partial charge in [0.1, 0.15) is 5.82 Å². The molecule has 18 heavy (non-hydrogen) atoms. The molecule has 1 unspecified atom stereocenters. The number of hydrogen-bond donors (Lipinski definition) is 2. The molecule has 1 saturated heterocycles. The molecule has 0 aromatic heterocycles. The van der Waals surface area contributed by atoms with Gasteiger partial charge < -0.3 is 15.4 Å². The summed E-state index contributed by atoms with van der Waals surface area (Å²) in [7, 11) is 0. The van der Waals surface area contributed by atoms with Crippen molar-refractivity contribution in [2.75, 3.05) is 32.8 Å². The highest BCUT2D eigenvalue weighted by molar-refractivity contribution is 5.16. The third-order valence-corrected chi connectivity index (χ3v) is 3.15. The van der Waals surface area contributed by atoms with E-state index in [9.17, 15) is 4.39 Å². The molecule has 2 rings (SSSR count). The summed E-state index contributed by atoms with van der Waals surface area (Å²) >= 11 is 0. The van der Waals surface area contributed by atoms with Crippen molar-refractivity contribution in [2.45, 2.75) is 18.9 Å². The summed E-state index contributed by atoms with van der Waals surface area (Å²) in [6, 6.07) is 7.26. The Morgan fingerprint density at radius 2 is 2.33 bits per heavy atom. The van der Waals surface area contributed by atoms with Crippen LogP contribution in [0.5, 0.6) is 0 Å². The minimum atomic E-state index is -0.156. The molecular weight excluding hydrogens is 231 g/mol. The van der Waals surface area contributed by atoms with Crippen LogP contribution in [0.4, 0.5) is 4.39 Å². The molecule has 1 aliphatic heterocycles. The SMILES string of the molecule is Fc1cccc(CCNCCC2COCCN2)c1. The van der Waals surface area contributed by atoms with Gasteiger partial charge in [-0.3, -0.25) is 0 Å². The Morgan fingerprint density at radius 3 is 3.11 bits per heavy atom. The molecule has 0 aliphatic carbocycles. The second-order valence-electron chi connectivity index (χ2n) is 4.64. The van der Waals surface area contributed by atoms with Crippen LogP contribution in [0.25, 0.3) is 0 Å². The van der Waals surface area contributed by atoms with Crippen LogP contribution in [0.2, 0.25) is 0 Å². The monoisotopic (exact) mass is 252 g/mol. The van der Waals surface area contributed by atoms with Gasteiger partial charge in [0.05, 0.1) is 13.2 Å². The minimum absolute atomic E-state index is 0.156. The van der Waals surface area contributed by atoms with Crippen molar-refractivity contribution < 1.29 is 9.13 Å². The van der Waals surface area contributed by atoms with Gasteiger partial charge >= 0.3 is 0 Å². The molecule has 0 radical (unpaired) electrons. The number of rotatable bonds is 6. The average molecular weight is 252 g/mol. The highest BCUT2D eigenvalue weighted by Gasteiger charge is 2.11. The Bertz CT molecular complexity index is 353. The first-order chi connectivity index (χ1) is 8.84. The zero-order valence-electron chi connectivity index (χ0n) is 10.6. The van der Waals surface area contributed by atoms with E-state index in [1.807, 2.05) is 6.07 Å². The molecule has 1 heterocycles. The summed E-state index contributed by atoms with van der Waals surface area (Å²) in [6.45, 7) is 4.44. The first kappa shape index (κ1) is 13.5. The van der Waals surface area contributed by atoms with Crippen LogP contribution < -0.4 is 10.6 Å². The molecule has 1 fully saturated rings. The second kappa shape index (κ2) is 7.46. The van der Waals surface area contributed by atoms with Crippen LogP contribution in [-0.2, 0) is 11.2 Å². The lowest BCUT2D eigenvalue weighted by Gasteiger charge is -2.23. The van der Waals surface area contributed by atoms with Crippen LogP contribution in [0.3, 0.4) is 0 Å². The molecule has 1 aliphatic rings. The molecule has 0 amide bonds. The van der Waals surface area contributed by atoms with Gasteiger partial charge in [-0.25, -0.2) is 4.39 Å². The number of ether oxygens (including phenoxy) is 1. The molecule has 4 heteroatoms. The van der Waals surface area contributed by atoms with Crippen molar-refractivity contribution in [3.05, 3.63) is 35.6 Å². The van der Waals surface area contributed by atoms with E-state index in [4.69, 9.17) is 4.74 Å². The Morgan fingerprint density at radius 1 is 1.39 bits per heavy atom. The third-order valence-electron chi connectivity index (χ3n) is 3.15. The molecule has 0 spiro atoms. The van der Waals surface area contributed by atoms with Crippen molar-refractivity contribution in [1.82, 2.24) is 10.6 Å². The summed E-state index contributed by atoms with van der Waals surface area (Å²) in [5, 5.41) is 6.80. The topological polar surface area (TPSA) is 33.3 Å². The first-order valence-electron chi connectivity index (χ1n) is 6.61. The van der Waals surface area contributed by atoms with E-state index in [0.29, 0.717) is 6.04 Å². The van der Waals surface area contributed by atoms with Crippen molar-refractivity contribution in [3.63, 3.8) is 0 Å². The van der Waals surface area contributed by atoms with Gasteiger partial charge in [-0.2, -0.15) is 0 Å². The minimum Gasteiger partial charge on any atom is -0.379 e. The highest BCUT2D eigenvalue weighted by atomic mass is 19.1. The van der Waals surface area contributed by atoms with Crippen LogP contribution in [0.1, 0.15) is 12.0 Å². The van der Waals surface area contributed by atoms with Gasteiger partial charge in [0.2, 0.25) is 0 Å². The zero-order valence-corrected chi connectivity index (χ0v) is 10.6. The van der Waals surface area contributed by atoms with E-state index in [1.54, 1.807) is 12.1 Å². The normalized spacial score (nSPS) is 19.9. The fourth-order valence-electron chi connectivity index (χ4n) is 2.13. The van der Waals surface area contributed by atoms with Crippen molar-refractivity contribution in [1.29, 1.82) is 0 Å². The predicted molar refractivity (Wildman–Crippen MR) is 70.2 cm³/mol. The van der Waals surface area contributed by atoms with E-state index >= 15 is 0 Å². The molecular formula is C14H21FN2O. The zero-order chi connectivity index (χ0) is 12.6. The van der Waals surface area contributed by atoms with Gasteiger partial charge in [0.25, 0.3) is 0 Å². The van der Waals surface area contributed by atoms with E-state index in [-0.39, 0.29) is 5.82 Å². The lowest BCUT2D eigenvalue weighted by Crippen LogP contribution is -2.42. The molecule has 0 saturated carbocycles. The largest absolute Gasteiger partial charge is 0.379 e. The van der Waals surface area contributed by atoms with Crippen molar-refractivity contribution in [3.8, 4) is 0 Å². The van der Waals surface area contributed by atoms with Crippen molar-refractivity contribution in [2.24, 2.45) is 0 Å². The van der Waals surface area contributed by atoms with E-state index in [2.05, 4.69) is 10.6 Å². The maximum atomic E-state index is 12.9. The van der Waals surface area contributed by atoms with Gasteiger partial charge in [0, 0.05) is 12.6 Å². The van der Waals surface area contributed by atoms with Gasteiger partial charge in [0.15, 0.2) is 0 Å². The Labute approximate surface area is 108 Å². The smallest absolute Gasteiger partial charge is 0.123 e. The Hall–Kier alpha value is -0.970. The van der Waals surface area contributed by atoms with E-state index in [0.717, 1.165) is 51.3 Å². The van der Waals surface area contributed by atoms with Crippen LogP contribution in [0.15, 0.2) is 24.3 Å². The molecule has 1 aromatic rings. The number of nitrogens with one attached hydrogen (secondary N) is 2. The van der Waals surface area contributed by atoms with Crippen LogP contribution >= 0.6 is 0 Å². The fourth-order valence-corrected chi connectivity index (χ4v) is 2.13. The third kappa shape index (κ3) is 4.72. The van der Waals surface area contributed by atoms with Gasteiger partial charge in [-0.1, -0.05) is 12.1 Å². The highest BCUT2D eigenvalue weighted by Crippen LogP contribution is 2.03. The average Bonchev–Trinajstić information content (AvgIpc) is 2.40. The summed E-state index contributed by atoms with van der Waals surface area (Å²) in [5.74, 6) is -0.156. The number of morpholine rings is 1. The summed E-state index contributed by atoms with van der Waals surface area (Å²) < 4.78 is 18.3. The number of benzene rings is 1. The quantitative estimate of drug-likeness (QED) is 0.750. The standard InChI is InChI=1S/C14H21FN2O/c15-13-3-1-2-12(10-13)4-6-16-7-5-14-11-18-9-8-17-14/h1-3,10,14,16-17H,4-9,11H2. The second-order valence-corrected chi connectivity index (χ2v) is 4.64. The molecule has 3 nitrogen and oxygen atoms in total. The van der Waals surface area contributed by atoms with E-state index in [1.165, 1.54) is 6.07 Å². The molecule has 1 aromatic carbocycles. The van der Waals surface area contributed by atoms with E-state index < -0.39 is 0 Å². The summed E-state index contributed by atoms with van der Waals surface area (Å²) in [5.41, 5.74) is 1.04. The predicted octanol–water partition coefficient (Wildman–Crippen LogP) is 1.34. The maximum absolute atomic E-state index is 12.9. The first-order valence-corrected chi connectivity index (χ1v) is 6.61. The summed E-state index contributed by atoms with van der Waals surface area (Å²) in [6.07, 6.45) is 1.94. The summed E-state index contributed by atoms with van der Waals surface area (Å²) in [4.78, 5) is 0. The molecule has 1 atom stereocenters. The van der Waals surface area contributed by atoms with Crippen LogP contribution in [-0.4, -0.2) is 38.9 Å². The van der Waals surface area contributed by atoms with Gasteiger partial charge in [-0.15, -0.1) is 0 Å². The van der Waals surface area contributed by atoms with Crippen LogP contribution in [0, 0.1) is 5.82 Å². The fraction of sp³-hybridized carbons (Fsp3) is 0.571.